The first-order valence-electron chi connectivity index (χ1n) is 8.43. The van der Waals surface area contributed by atoms with Crippen LogP contribution in [-0.4, -0.2) is 31.7 Å². The summed E-state index contributed by atoms with van der Waals surface area (Å²) in [4.78, 5) is 12.3. The molecule has 0 radical (unpaired) electrons. The zero-order valence-electron chi connectivity index (χ0n) is 14.4. The monoisotopic (exact) mass is 416 g/mol. The number of carbonyl (C=O) groups excluding carboxylic acids is 1. The van der Waals surface area contributed by atoms with Crippen LogP contribution in [0.2, 0.25) is 4.34 Å². The predicted molar refractivity (Wildman–Crippen MR) is 101 cm³/mol. The van der Waals surface area contributed by atoms with Crippen LogP contribution in [0, 0.1) is 11.8 Å². The molecule has 2 aromatic heterocycles. The molecule has 1 unspecified atom stereocenters. The Labute approximate surface area is 162 Å². The van der Waals surface area contributed by atoms with Crippen molar-refractivity contribution in [1.29, 1.82) is 0 Å². The summed E-state index contributed by atoms with van der Waals surface area (Å²) in [7, 11) is -3.50. The van der Waals surface area contributed by atoms with Crippen LogP contribution in [0.5, 0.6) is 0 Å². The largest absolute Gasteiger partial charge is 0.467 e. The van der Waals surface area contributed by atoms with Gasteiger partial charge in [0.1, 0.15) is 9.97 Å². The number of nitrogens with zero attached hydrogens (tertiary/aromatic N) is 1. The molecule has 9 heteroatoms. The lowest BCUT2D eigenvalue weighted by Crippen LogP contribution is -2.42. The van der Waals surface area contributed by atoms with E-state index < -0.39 is 10.0 Å². The molecule has 3 rings (SSSR count). The lowest BCUT2D eigenvalue weighted by molar-refractivity contribution is -0.126. The molecule has 1 aliphatic rings. The molecule has 0 saturated carbocycles. The number of carbonyl (C=O) groups is 1. The Bertz CT molecular complexity index is 840. The average Bonchev–Trinajstić information content (AvgIpc) is 3.31. The van der Waals surface area contributed by atoms with Gasteiger partial charge >= 0.3 is 0 Å². The molecule has 6 nitrogen and oxygen atoms in total. The summed E-state index contributed by atoms with van der Waals surface area (Å²) in [6.07, 6.45) is 2.89. The fourth-order valence-corrected chi connectivity index (χ4v) is 6.25. The van der Waals surface area contributed by atoms with Crippen LogP contribution >= 0.6 is 22.9 Å². The summed E-state index contributed by atoms with van der Waals surface area (Å²) in [5, 5.41) is 2.87. The molecule has 1 amide bonds. The van der Waals surface area contributed by atoms with Gasteiger partial charge in [-0.05, 0) is 43.0 Å². The maximum atomic E-state index is 12.6. The van der Waals surface area contributed by atoms with Crippen molar-refractivity contribution in [3.8, 4) is 0 Å². The molecule has 26 heavy (non-hydrogen) atoms. The number of thiophene rings is 1. The first-order valence-corrected chi connectivity index (χ1v) is 11.1. The number of hydrogen-bond acceptors (Lipinski definition) is 5. The lowest BCUT2D eigenvalue weighted by Gasteiger charge is -2.33. The minimum absolute atomic E-state index is 0.0345. The maximum absolute atomic E-state index is 12.6. The normalized spacial score (nSPS) is 17.9. The van der Waals surface area contributed by atoms with Crippen molar-refractivity contribution in [2.75, 3.05) is 13.1 Å². The molecular weight excluding hydrogens is 396 g/mol. The second-order valence-electron chi connectivity index (χ2n) is 6.39. The fourth-order valence-electron chi connectivity index (χ4n) is 3.14. The lowest BCUT2D eigenvalue weighted by atomic mass is 9.85. The van der Waals surface area contributed by atoms with E-state index in [0.717, 1.165) is 11.3 Å². The Morgan fingerprint density at radius 2 is 2.12 bits per heavy atom. The molecule has 3 heterocycles. The zero-order valence-corrected chi connectivity index (χ0v) is 16.7. The first kappa shape index (κ1) is 19.4. The van der Waals surface area contributed by atoms with Gasteiger partial charge in [-0.2, -0.15) is 4.31 Å². The van der Waals surface area contributed by atoms with Crippen LogP contribution in [0.25, 0.3) is 0 Å². The molecule has 142 valence electrons. The van der Waals surface area contributed by atoms with Crippen LogP contribution in [0.15, 0.2) is 39.2 Å². The van der Waals surface area contributed by atoms with Gasteiger partial charge in [0.2, 0.25) is 5.91 Å². The summed E-state index contributed by atoms with van der Waals surface area (Å²) in [5.41, 5.74) is 0. The SMILES string of the molecule is CC(C(=O)NCc1ccco1)C1CCN(S(=O)(=O)c2ccc(Cl)s2)CC1. The van der Waals surface area contributed by atoms with Crippen molar-refractivity contribution < 1.29 is 17.6 Å². The van der Waals surface area contributed by atoms with Gasteiger partial charge in [0, 0.05) is 19.0 Å². The molecule has 1 N–H and O–H groups in total. The molecule has 0 aliphatic carbocycles. The van der Waals surface area contributed by atoms with E-state index in [-0.39, 0.29) is 22.0 Å². The van der Waals surface area contributed by atoms with Crippen molar-refractivity contribution in [3.05, 3.63) is 40.6 Å². The van der Waals surface area contributed by atoms with Crippen molar-refractivity contribution in [1.82, 2.24) is 9.62 Å². The second kappa shape index (κ2) is 8.12. The van der Waals surface area contributed by atoms with E-state index in [2.05, 4.69) is 5.32 Å². The number of hydrogen-bond donors (Lipinski definition) is 1. The van der Waals surface area contributed by atoms with Gasteiger partial charge in [-0.25, -0.2) is 8.42 Å². The number of rotatable bonds is 6. The highest BCUT2D eigenvalue weighted by atomic mass is 35.5. The molecule has 1 fully saturated rings. The van der Waals surface area contributed by atoms with E-state index in [0.29, 0.717) is 42.6 Å². The fraction of sp³-hybridized carbons (Fsp3) is 0.471. The standard InChI is InChI=1S/C17H21ClN2O4S2/c1-12(17(21)19-11-14-3-2-10-24-14)13-6-8-20(9-7-13)26(22,23)16-5-4-15(18)25-16/h2-5,10,12-13H,6-9,11H2,1H3,(H,19,21). The Hall–Kier alpha value is -1.35. The minimum atomic E-state index is -3.50. The smallest absolute Gasteiger partial charge is 0.252 e. The summed E-state index contributed by atoms with van der Waals surface area (Å²) < 4.78 is 32.7. The van der Waals surface area contributed by atoms with Crippen LogP contribution in [0.3, 0.4) is 0 Å². The van der Waals surface area contributed by atoms with Crippen molar-refractivity contribution in [2.24, 2.45) is 11.8 Å². The van der Waals surface area contributed by atoms with Gasteiger partial charge in [-0.1, -0.05) is 18.5 Å². The highest BCUT2D eigenvalue weighted by molar-refractivity contribution is 7.91. The van der Waals surface area contributed by atoms with Gasteiger partial charge in [0.05, 0.1) is 17.1 Å². The quantitative estimate of drug-likeness (QED) is 0.783. The van der Waals surface area contributed by atoms with Crippen LogP contribution in [-0.2, 0) is 21.4 Å². The summed E-state index contributed by atoms with van der Waals surface area (Å²) in [5.74, 6) is 0.657. The Morgan fingerprint density at radius 3 is 2.69 bits per heavy atom. The maximum Gasteiger partial charge on any atom is 0.252 e. The Morgan fingerprint density at radius 1 is 1.38 bits per heavy atom. The number of piperidine rings is 1. The van der Waals surface area contributed by atoms with E-state index in [9.17, 15) is 13.2 Å². The molecule has 0 aromatic carbocycles. The van der Waals surface area contributed by atoms with Gasteiger partial charge < -0.3 is 9.73 Å². The van der Waals surface area contributed by atoms with E-state index >= 15 is 0 Å². The number of amides is 1. The third-order valence-electron chi connectivity index (χ3n) is 4.78. The van der Waals surface area contributed by atoms with Gasteiger partial charge in [-0.3, -0.25) is 4.79 Å². The molecule has 1 aliphatic heterocycles. The van der Waals surface area contributed by atoms with Crippen LogP contribution in [0.4, 0.5) is 0 Å². The van der Waals surface area contributed by atoms with Crippen molar-refractivity contribution in [3.63, 3.8) is 0 Å². The molecule has 2 aromatic rings. The molecule has 0 spiro atoms. The highest BCUT2D eigenvalue weighted by Gasteiger charge is 2.34. The number of sulfonamides is 1. The Kier molecular flexibility index (Phi) is 6.06. The minimum Gasteiger partial charge on any atom is -0.467 e. The molecule has 0 bridgehead atoms. The van der Waals surface area contributed by atoms with Gasteiger partial charge in [0.15, 0.2) is 0 Å². The predicted octanol–water partition coefficient (Wildman–Crippen LogP) is 3.35. The van der Waals surface area contributed by atoms with Gasteiger partial charge in [0.25, 0.3) is 10.0 Å². The summed E-state index contributed by atoms with van der Waals surface area (Å²) in [6, 6.07) is 6.73. The number of halogens is 1. The topological polar surface area (TPSA) is 79.6 Å². The molecule has 1 atom stereocenters. The van der Waals surface area contributed by atoms with Crippen molar-refractivity contribution in [2.45, 2.75) is 30.5 Å². The number of furan rings is 1. The third kappa shape index (κ3) is 4.31. The van der Waals surface area contributed by atoms with Crippen molar-refractivity contribution >= 4 is 38.9 Å². The van der Waals surface area contributed by atoms with Crippen LogP contribution in [0.1, 0.15) is 25.5 Å². The van der Waals surface area contributed by atoms with E-state index in [1.807, 2.05) is 13.0 Å². The third-order valence-corrected chi connectivity index (χ3v) is 8.38. The van der Waals surface area contributed by atoms with Gasteiger partial charge in [-0.15, -0.1) is 11.3 Å². The molecular formula is C17H21ClN2O4S2. The van der Waals surface area contributed by atoms with E-state index in [4.69, 9.17) is 16.0 Å². The van der Waals surface area contributed by atoms with E-state index in [1.165, 1.54) is 4.31 Å². The van der Waals surface area contributed by atoms with Crippen LogP contribution < -0.4 is 5.32 Å². The highest BCUT2D eigenvalue weighted by Crippen LogP contribution is 2.32. The zero-order chi connectivity index (χ0) is 18.7. The average molecular weight is 417 g/mol. The molecule has 1 saturated heterocycles. The first-order chi connectivity index (χ1) is 12.4. The summed E-state index contributed by atoms with van der Waals surface area (Å²) >= 11 is 6.92. The second-order valence-corrected chi connectivity index (χ2v) is 10.3. The Balaban J connectivity index is 1.53. The number of nitrogens with one attached hydrogen (secondary N) is 1. The van der Waals surface area contributed by atoms with E-state index in [1.54, 1.807) is 24.5 Å². The summed E-state index contributed by atoms with van der Waals surface area (Å²) in [6.45, 7) is 3.09.